The summed E-state index contributed by atoms with van der Waals surface area (Å²) in [4.78, 5) is 12.8. The zero-order valence-corrected chi connectivity index (χ0v) is 18.4. The van der Waals surface area contributed by atoms with E-state index in [9.17, 15) is 4.79 Å². The molecule has 3 fully saturated rings. The smallest absolute Gasteiger partial charge is 0.219 e. The third kappa shape index (κ3) is 5.97. The van der Waals surface area contributed by atoms with Gasteiger partial charge in [0.1, 0.15) is 5.78 Å². The van der Waals surface area contributed by atoms with Gasteiger partial charge in [-0.2, -0.15) is 0 Å². The summed E-state index contributed by atoms with van der Waals surface area (Å²) in [7, 11) is 0. The molecular formula is C26H36O5. The van der Waals surface area contributed by atoms with Gasteiger partial charge in [0.05, 0.1) is 18.5 Å². The van der Waals surface area contributed by atoms with Crippen LogP contribution in [0.5, 0.6) is 0 Å². The van der Waals surface area contributed by atoms with E-state index in [4.69, 9.17) is 18.9 Å². The SMILES string of the molecule is C=CC[C@H]1C(=O)C[C@@H](O[C@@H]2C=CC=CO2)[C@@H]1C=C[C@@H](OC1CCCCO1)C1CCCC1. The number of ketones is 1. The number of carbonyl (C=O) groups excluding carboxylic acids is 1. The largest absolute Gasteiger partial charge is 0.469 e. The Hall–Kier alpha value is -1.69. The molecule has 4 rings (SSSR count). The van der Waals surface area contributed by atoms with Gasteiger partial charge in [-0.3, -0.25) is 4.79 Å². The average Bonchev–Trinajstić information content (AvgIpc) is 3.42. The number of rotatable bonds is 9. The van der Waals surface area contributed by atoms with E-state index in [1.54, 1.807) is 6.26 Å². The summed E-state index contributed by atoms with van der Waals surface area (Å²) < 4.78 is 24.0. The molecule has 2 heterocycles. The fraction of sp³-hybridized carbons (Fsp3) is 0.654. The van der Waals surface area contributed by atoms with Gasteiger partial charge in [0, 0.05) is 24.9 Å². The van der Waals surface area contributed by atoms with Crippen molar-refractivity contribution in [3.63, 3.8) is 0 Å². The van der Waals surface area contributed by atoms with Gasteiger partial charge in [0.25, 0.3) is 0 Å². The van der Waals surface area contributed by atoms with Crippen LogP contribution in [-0.4, -0.2) is 37.2 Å². The summed E-state index contributed by atoms with van der Waals surface area (Å²) in [6.07, 6.45) is 21.9. The summed E-state index contributed by atoms with van der Waals surface area (Å²) in [6, 6.07) is 0. The Labute approximate surface area is 186 Å². The van der Waals surface area contributed by atoms with E-state index in [1.165, 1.54) is 25.7 Å². The summed E-state index contributed by atoms with van der Waals surface area (Å²) >= 11 is 0. The minimum atomic E-state index is -0.446. The van der Waals surface area contributed by atoms with Crippen LogP contribution in [0.2, 0.25) is 0 Å². The monoisotopic (exact) mass is 428 g/mol. The summed E-state index contributed by atoms with van der Waals surface area (Å²) in [6.45, 7) is 4.65. The van der Waals surface area contributed by atoms with Gasteiger partial charge in [0.15, 0.2) is 6.29 Å². The van der Waals surface area contributed by atoms with Gasteiger partial charge < -0.3 is 18.9 Å². The maximum atomic E-state index is 12.8. The second-order valence-electron chi connectivity index (χ2n) is 9.10. The van der Waals surface area contributed by atoms with E-state index in [2.05, 4.69) is 18.7 Å². The molecule has 2 saturated carbocycles. The van der Waals surface area contributed by atoms with Crippen LogP contribution in [0.1, 0.15) is 57.8 Å². The highest BCUT2D eigenvalue weighted by atomic mass is 16.7. The molecule has 0 aromatic heterocycles. The Morgan fingerprint density at radius 3 is 2.71 bits per heavy atom. The zero-order chi connectivity index (χ0) is 21.5. The van der Waals surface area contributed by atoms with Crippen molar-refractivity contribution < 1.29 is 23.7 Å². The first kappa shape index (κ1) is 22.5. The maximum absolute atomic E-state index is 12.8. The van der Waals surface area contributed by atoms with Crippen LogP contribution in [0.25, 0.3) is 0 Å². The lowest BCUT2D eigenvalue weighted by molar-refractivity contribution is -0.187. The van der Waals surface area contributed by atoms with E-state index < -0.39 is 6.29 Å². The Morgan fingerprint density at radius 1 is 1.16 bits per heavy atom. The number of ether oxygens (including phenoxy) is 4. The molecule has 5 heteroatoms. The Bertz CT molecular complexity index is 684. The summed E-state index contributed by atoms with van der Waals surface area (Å²) in [5, 5.41) is 0. The highest BCUT2D eigenvalue weighted by Gasteiger charge is 2.42. The van der Waals surface area contributed by atoms with Crippen molar-refractivity contribution in [2.24, 2.45) is 17.8 Å². The van der Waals surface area contributed by atoms with E-state index in [-0.39, 0.29) is 36.1 Å². The number of hydrogen-bond donors (Lipinski definition) is 0. The highest BCUT2D eigenvalue weighted by Crippen LogP contribution is 2.38. The van der Waals surface area contributed by atoms with Crippen molar-refractivity contribution in [2.75, 3.05) is 6.61 Å². The highest BCUT2D eigenvalue weighted by molar-refractivity contribution is 5.84. The minimum Gasteiger partial charge on any atom is -0.469 e. The Morgan fingerprint density at radius 2 is 2.00 bits per heavy atom. The molecule has 0 bridgehead atoms. The zero-order valence-electron chi connectivity index (χ0n) is 18.4. The third-order valence-corrected chi connectivity index (χ3v) is 6.94. The average molecular weight is 429 g/mol. The number of Topliss-reactive ketones (excluding diaryl/α,β-unsaturated/α-hetero) is 1. The second-order valence-corrected chi connectivity index (χ2v) is 9.10. The molecule has 0 amide bonds. The van der Waals surface area contributed by atoms with Gasteiger partial charge in [-0.25, -0.2) is 0 Å². The molecule has 170 valence electrons. The lowest BCUT2D eigenvalue weighted by atomic mass is 9.89. The van der Waals surface area contributed by atoms with Crippen LogP contribution < -0.4 is 0 Å². The van der Waals surface area contributed by atoms with Crippen LogP contribution >= 0.6 is 0 Å². The van der Waals surface area contributed by atoms with Crippen molar-refractivity contribution in [3.05, 3.63) is 49.3 Å². The fourth-order valence-electron chi connectivity index (χ4n) is 5.27. The van der Waals surface area contributed by atoms with Gasteiger partial charge in [0.2, 0.25) is 6.29 Å². The van der Waals surface area contributed by atoms with Crippen LogP contribution in [0.15, 0.2) is 49.3 Å². The normalized spacial score (nSPS) is 35.0. The lowest BCUT2D eigenvalue weighted by Gasteiger charge is -2.30. The molecule has 2 aliphatic heterocycles. The first-order valence-electron chi connectivity index (χ1n) is 12.0. The van der Waals surface area contributed by atoms with E-state index in [0.717, 1.165) is 25.9 Å². The van der Waals surface area contributed by atoms with Gasteiger partial charge in [-0.05, 0) is 56.6 Å². The molecular weight excluding hydrogens is 392 g/mol. The van der Waals surface area contributed by atoms with Crippen molar-refractivity contribution in [3.8, 4) is 0 Å². The molecule has 2 aliphatic carbocycles. The molecule has 6 atom stereocenters. The van der Waals surface area contributed by atoms with Gasteiger partial charge >= 0.3 is 0 Å². The molecule has 4 aliphatic rings. The standard InChI is InChI=1S/C26H36O5/c1-2-9-20-21(24(18-22(20)27)31-26-13-6-8-17-29-26)14-15-23(19-10-3-4-11-19)30-25-12-5-7-16-28-25/h2,6,8,13-15,17,19-21,23-26H,1,3-5,7,9-12,16,18H2/t20-,21-,23-,24-,25?,26-/m1/s1. The van der Waals surface area contributed by atoms with Gasteiger partial charge in [-0.1, -0.05) is 37.1 Å². The molecule has 0 radical (unpaired) electrons. The topological polar surface area (TPSA) is 54.0 Å². The van der Waals surface area contributed by atoms with E-state index in [0.29, 0.717) is 18.8 Å². The molecule has 0 aromatic carbocycles. The predicted molar refractivity (Wildman–Crippen MR) is 119 cm³/mol. The van der Waals surface area contributed by atoms with E-state index >= 15 is 0 Å². The summed E-state index contributed by atoms with van der Waals surface area (Å²) in [5.41, 5.74) is 0. The number of hydrogen-bond acceptors (Lipinski definition) is 5. The fourth-order valence-corrected chi connectivity index (χ4v) is 5.27. The quantitative estimate of drug-likeness (QED) is 0.470. The van der Waals surface area contributed by atoms with E-state index in [1.807, 2.05) is 24.3 Å². The Balaban J connectivity index is 1.48. The first-order chi connectivity index (χ1) is 15.2. The molecule has 31 heavy (non-hydrogen) atoms. The number of carbonyl (C=O) groups is 1. The van der Waals surface area contributed by atoms with Crippen LogP contribution in [0.3, 0.4) is 0 Å². The van der Waals surface area contributed by atoms with Crippen molar-refractivity contribution in [2.45, 2.75) is 82.6 Å². The van der Waals surface area contributed by atoms with Crippen LogP contribution in [0.4, 0.5) is 0 Å². The van der Waals surface area contributed by atoms with Gasteiger partial charge in [-0.15, -0.1) is 6.58 Å². The molecule has 0 spiro atoms. The van der Waals surface area contributed by atoms with Crippen molar-refractivity contribution >= 4 is 5.78 Å². The minimum absolute atomic E-state index is 0.00631. The second kappa shape index (κ2) is 11.3. The molecule has 1 unspecified atom stereocenters. The van der Waals surface area contributed by atoms with Crippen molar-refractivity contribution in [1.82, 2.24) is 0 Å². The maximum Gasteiger partial charge on any atom is 0.219 e. The van der Waals surface area contributed by atoms with Crippen molar-refractivity contribution in [1.29, 1.82) is 0 Å². The molecule has 0 aromatic rings. The molecule has 1 saturated heterocycles. The third-order valence-electron chi connectivity index (χ3n) is 6.94. The number of allylic oxidation sites excluding steroid dienone is 3. The van der Waals surface area contributed by atoms with Crippen LogP contribution in [0, 0.1) is 17.8 Å². The first-order valence-corrected chi connectivity index (χ1v) is 12.0. The predicted octanol–water partition coefficient (Wildman–Crippen LogP) is 5.24. The summed E-state index contributed by atoms with van der Waals surface area (Å²) in [5.74, 6) is 0.653. The van der Waals surface area contributed by atoms with Crippen LogP contribution in [-0.2, 0) is 23.7 Å². The Kier molecular flexibility index (Phi) is 8.17. The molecule has 5 nitrogen and oxygen atoms in total. The lowest BCUT2D eigenvalue weighted by Crippen LogP contribution is -2.31. The molecule has 0 N–H and O–H groups in total.